The van der Waals surface area contributed by atoms with Crippen LogP contribution < -0.4 is 4.74 Å². The Morgan fingerprint density at radius 1 is 1.00 bits per heavy atom. The molecule has 31 heavy (non-hydrogen) atoms. The van der Waals surface area contributed by atoms with Crippen molar-refractivity contribution < 1.29 is 9.53 Å². The largest absolute Gasteiger partial charge is 0.497 e. The van der Waals surface area contributed by atoms with E-state index in [1.807, 2.05) is 23.5 Å². The van der Waals surface area contributed by atoms with Crippen molar-refractivity contribution in [3.8, 4) is 16.3 Å². The zero-order chi connectivity index (χ0) is 21.4. The topological polar surface area (TPSA) is 39.2 Å². The summed E-state index contributed by atoms with van der Waals surface area (Å²) in [6.45, 7) is 4.88. The van der Waals surface area contributed by atoms with Crippen molar-refractivity contribution in [2.24, 2.45) is 28.6 Å². The van der Waals surface area contributed by atoms with E-state index in [1.54, 1.807) is 12.0 Å². The van der Waals surface area contributed by atoms with Gasteiger partial charge in [-0.1, -0.05) is 13.8 Å². The maximum atomic E-state index is 12.7. The number of hydrogen-bond acceptors (Lipinski definition) is 4. The maximum absolute atomic E-state index is 12.7. The monoisotopic (exact) mass is 435 g/mol. The summed E-state index contributed by atoms with van der Waals surface area (Å²) in [5.41, 5.74) is 2.91. The molecule has 164 valence electrons. The number of methoxy groups -OCH3 is 1. The molecule has 3 fully saturated rings. The first-order chi connectivity index (χ1) is 14.9. The lowest BCUT2D eigenvalue weighted by molar-refractivity contribution is -0.134. The van der Waals surface area contributed by atoms with Crippen LogP contribution in [0.1, 0.15) is 75.3 Å². The number of ether oxygens (including phenoxy) is 1. The molecule has 1 aromatic carbocycles. The van der Waals surface area contributed by atoms with Gasteiger partial charge in [0.15, 0.2) is 0 Å². The van der Waals surface area contributed by atoms with E-state index in [-0.39, 0.29) is 5.41 Å². The van der Waals surface area contributed by atoms with Gasteiger partial charge >= 0.3 is 0 Å². The van der Waals surface area contributed by atoms with Gasteiger partial charge in [-0.15, -0.1) is 11.3 Å². The Hall–Kier alpha value is -1.68. The van der Waals surface area contributed by atoms with Crippen molar-refractivity contribution in [2.75, 3.05) is 7.11 Å². The Balaban J connectivity index is 1.32. The van der Waals surface area contributed by atoms with Gasteiger partial charge in [-0.25, -0.2) is 4.98 Å². The SMILES string of the molecule is COc1ccc(-c2nc3c(s2)[C@@H]2CC[C@@H]4[C@H](CC[C@]5(C)C(=O)CC[C@@H]45)[C@@]2(C)CC3)cc1. The number of benzene rings is 1. The molecule has 4 aliphatic rings. The number of hydrogen-bond donors (Lipinski definition) is 0. The van der Waals surface area contributed by atoms with Crippen LogP contribution in [0.2, 0.25) is 0 Å². The van der Waals surface area contributed by atoms with Crippen molar-refractivity contribution in [3.63, 3.8) is 0 Å². The summed E-state index contributed by atoms with van der Waals surface area (Å²) in [6.07, 6.45) is 9.28. The van der Waals surface area contributed by atoms with Crippen LogP contribution in [-0.2, 0) is 11.2 Å². The normalized spacial score (nSPS) is 38.7. The molecule has 1 aromatic heterocycles. The Morgan fingerprint density at radius 3 is 2.58 bits per heavy atom. The third-order valence-electron chi connectivity index (χ3n) is 9.86. The minimum absolute atomic E-state index is 0.0176. The van der Waals surface area contributed by atoms with Crippen LogP contribution in [0.15, 0.2) is 24.3 Å². The summed E-state index contributed by atoms with van der Waals surface area (Å²) in [5, 5.41) is 1.16. The zero-order valence-corrected chi connectivity index (χ0v) is 19.8. The molecule has 1 heterocycles. The van der Waals surface area contributed by atoms with Gasteiger partial charge in [0, 0.05) is 28.2 Å². The Bertz CT molecular complexity index is 1030. The van der Waals surface area contributed by atoms with Crippen LogP contribution >= 0.6 is 11.3 Å². The number of rotatable bonds is 2. The van der Waals surface area contributed by atoms with E-state index in [4.69, 9.17) is 9.72 Å². The van der Waals surface area contributed by atoms with Gasteiger partial charge in [0.05, 0.1) is 12.8 Å². The molecule has 2 aromatic rings. The predicted octanol–water partition coefficient (Wildman–Crippen LogP) is 6.66. The van der Waals surface area contributed by atoms with Crippen molar-refractivity contribution in [3.05, 3.63) is 34.8 Å². The highest BCUT2D eigenvalue weighted by Crippen LogP contribution is 2.67. The van der Waals surface area contributed by atoms with Gasteiger partial charge in [-0.05, 0) is 92.4 Å². The molecule has 0 spiro atoms. The van der Waals surface area contributed by atoms with Gasteiger partial charge in [-0.2, -0.15) is 0 Å². The lowest BCUT2D eigenvalue weighted by atomic mass is 9.46. The molecule has 3 nitrogen and oxygen atoms in total. The number of aryl methyl sites for hydroxylation is 1. The standard InChI is InChI=1S/C27H33NO2S/c1-26-15-13-22-24(31-25(28-22)16-4-6-17(30-3)7-5-16)21(26)9-8-18-19-10-11-23(29)27(19,2)14-12-20(18)26/h4-7,18-21H,8-15H2,1-3H3/t18-,19-,20-,21-,26+,27-/m0/s1. The fourth-order valence-corrected chi connectivity index (χ4v) is 9.49. The van der Waals surface area contributed by atoms with E-state index in [1.165, 1.54) is 36.9 Å². The molecule has 0 N–H and O–H groups in total. The highest BCUT2D eigenvalue weighted by Gasteiger charge is 2.60. The molecule has 3 saturated carbocycles. The summed E-state index contributed by atoms with van der Waals surface area (Å²) in [6, 6.07) is 8.34. The average molecular weight is 436 g/mol. The number of thiazole rings is 1. The summed E-state index contributed by atoms with van der Waals surface area (Å²) in [5.74, 6) is 4.25. The van der Waals surface area contributed by atoms with Gasteiger partial charge in [0.25, 0.3) is 0 Å². The van der Waals surface area contributed by atoms with Gasteiger partial charge in [0.1, 0.15) is 16.5 Å². The van der Waals surface area contributed by atoms with Crippen LogP contribution in [-0.4, -0.2) is 17.9 Å². The van der Waals surface area contributed by atoms with E-state index in [2.05, 4.69) is 26.0 Å². The van der Waals surface area contributed by atoms with Crippen molar-refractivity contribution >= 4 is 17.1 Å². The summed E-state index contributed by atoms with van der Waals surface area (Å²) < 4.78 is 5.33. The number of nitrogens with zero attached hydrogens (tertiary/aromatic N) is 1. The number of carbonyl (C=O) groups excluding carboxylic acids is 1. The first-order valence-corrected chi connectivity index (χ1v) is 12.9. The van der Waals surface area contributed by atoms with Crippen LogP contribution in [0.5, 0.6) is 5.75 Å². The number of fused-ring (bicyclic) bond motifs is 7. The van der Waals surface area contributed by atoms with Gasteiger partial charge in [0.2, 0.25) is 0 Å². The molecular weight excluding hydrogens is 402 g/mol. The van der Waals surface area contributed by atoms with E-state index < -0.39 is 0 Å². The van der Waals surface area contributed by atoms with E-state index in [9.17, 15) is 4.79 Å². The van der Waals surface area contributed by atoms with Crippen molar-refractivity contribution in [1.29, 1.82) is 0 Å². The van der Waals surface area contributed by atoms with Gasteiger partial charge in [-0.3, -0.25) is 4.79 Å². The minimum atomic E-state index is -0.0176. The lowest BCUT2D eigenvalue weighted by Gasteiger charge is -2.59. The molecule has 0 amide bonds. The Kier molecular flexibility index (Phi) is 4.45. The smallest absolute Gasteiger partial charge is 0.139 e. The molecule has 6 atom stereocenters. The first-order valence-electron chi connectivity index (χ1n) is 12.1. The lowest BCUT2D eigenvalue weighted by Crippen LogP contribution is -2.52. The fraction of sp³-hybridized carbons (Fsp3) is 0.630. The summed E-state index contributed by atoms with van der Waals surface area (Å²) in [7, 11) is 1.71. The number of carbonyl (C=O) groups is 1. The van der Waals surface area contributed by atoms with Crippen molar-refractivity contribution in [2.45, 2.75) is 71.1 Å². The fourth-order valence-electron chi connectivity index (χ4n) is 8.08. The Labute approximate surface area is 189 Å². The molecule has 6 rings (SSSR count). The van der Waals surface area contributed by atoms with E-state index >= 15 is 0 Å². The van der Waals surface area contributed by atoms with E-state index in [0.717, 1.165) is 48.3 Å². The molecule has 0 aliphatic heterocycles. The molecule has 0 radical (unpaired) electrons. The van der Waals surface area contributed by atoms with Crippen LogP contribution in [0.4, 0.5) is 0 Å². The third kappa shape index (κ3) is 2.76. The summed E-state index contributed by atoms with van der Waals surface area (Å²) in [4.78, 5) is 19.4. The number of Topliss-reactive ketones (excluding diaryl/α,β-unsaturated/α-hetero) is 1. The van der Waals surface area contributed by atoms with Crippen LogP contribution in [0.3, 0.4) is 0 Å². The van der Waals surface area contributed by atoms with Crippen LogP contribution in [0.25, 0.3) is 10.6 Å². The molecule has 4 heteroatoms. The highest BCUT2D eigenvalue weighted by molar-refractivity contribution is 7.15. The van der Waals surface area contributed by atoms with Crippen molar-refractivity contribution in [1.82, 2.24) is 4.98 Å². The molecule has 4 aliphatic carbocycles. The van der Waals surface area contributed by atoms with E-state index in [0.29, 0.717) is 23.0 Å². The maximum Gasteiger partial charge on any atom is 0.139 e. The predicted molar refractivity (Wildman–Crippen MR) is 125 cm³/mol. The Morgan fingerprint density at radius 2 is 1.81 bits per heavy atom. The number of aromatic nitrogens is 1. The second kappa shape index (κ2) is 6.91. The highest BCUT2D eigenvalue weighted by atomic mass is 32.1. The minimum Gasteiger partial charge on any atom is -0.497 e. The quantitative estimate of drug-likeness (QED) is 0.529. The second-order valence-corrected chi connectivity index (χ2v) is 12.0. The molecule has 0 unspecified atom stereocenters. The second-order valence-electron chi connectivity index (χ2n) is 11.0. The molecular formula is C27H33NO2S. The molecule has 0 bridgehead atoms. The third-order valence-corrected chi connectivity index (χ3v) is 11.1. The molecule has 0 saturated heterocycles. The average Bonchev–Trinajstić information content (AvgIpc) is 3.34. The van der Waals surface area contributed by atoms with Gasteiger partial charge < -0.3 is 4.74 Å². The zero-order valence-electron chi connectivity index (χ0n) is 18.9. The van der Waals surface area contributed by atoms with Crippen LogP contribution in [0, 0.1) is 28.6 Å². The summed E-state index contributed by atoms with van der Waals surface area (Å²) >= 11 is 1.94. The first kappa shape index (κ1) is 20.0. The number of ketones is 1.